The zero-order valence-electron chi connectivity index (χ0n) is 14.8. The third-order valence-corrected chi connectivity index (χ3v) is 4.52. The summed E-state index contributed by atoms with van der Waals surface area (Å²) in [7, 11) is 0. The number of Topliss-reactive ketones (excluding diaryl/α,β-unsaturated/α-hetero) is 1. The van der Waals surface area contributed by atoms with E-state index in [1.807, 2.05) is 31.7 Å². The van der Waals surface area contributed by atoms with Gasteiger partial charge in [-0.05, 0) is 37.0 Å². The van der Waals surface area contributed by atoms with E-state index in [9.17, 15) is 9.59 Å². The van der Waals surface area contributed by atoms with Crippen molar-refractivity contribution >= 4 is 17.4 Å². The first-order chi connectivity index (χ1) is 10.9. The first kappa shape index (κ1) is 17.5. The van der Waals surface area contributed by atoms with E-state index >= 15 is 0 Å². The van der Waals surface area contributed by atoms with E-state index in [1.54, 1.807) is 12.1 Å². The maximum Gasteiger partial charge on any atom is 0.271 e. The molecule has 0 aliphatic carbocycles. The fourth-order valence-electron chi connectivity index (χ4n) is 3.04. The van der Waals surface area contributed by atoms with Gasteiger partial charge in [-0.25, -0.2) is 0 Å². The summed E-state index contributed by atoms with van der Waals surface area (Å²) in [6.45, 7) is 10.6. The van der Waals surface area contributed by atoms with Crippen LogP contribution in [-0.4, -0.2) is 23.8 Å². The van der Waals surface area contributed by atoms with Crippen LogP contribution in [0.5, 0.6) is 5.75 Å². The predicted molar refractivity (Wildman–Crippen MR) is 92.2 cm³/mol. The zero-order valence-corrected chi connectivity index (χ0v) is 14.8. The first-order valence-electron chi connectivity index (χ1n) is 8.56. The molecule has 0 aromatic heterocycles. The van der Waals surface area contributed by atoms with Crippen molar-refractivity contribution in [2.24, 2.45) is 5.92 Å². The molecule has 126 valence electrons. The summed E-state index contributed by atoms with van der Waals surface area (Å²) in [4.78, 5) is 26.9. The van der Waals surface area contributed by atoms with E-state index in [1.165, 1.54) is 0 Å². The molecule has 1 aliphatic rings. The van der Waals surface area contributed by atoms with Crippen molar-refractivity contribution in [2.75, 3.05) is 11.4 Å². The number of carbonyl (C=O) groups excluding carboxylic acids is 2. The number of amides is 1. The van der Waals surface area contributed by atoms with E-state index in [2.05, 4.69) is 13.8 Å². The summed E-state index contributed by atoms with van der Waals surface area (Å²) >= 11 is 0. The van der Waals surface area contributed by atoms with Crippen LogP contribution in [0.15, 0.2) is 18.2 Å². The van der Waals surface area contributed by atoms with E-state index in [0.717, 1.165) is 5.69 Å². The third-order valence-electron chi connectivity index (χ3n) is 4.52. The van der Waals surface area contributed by atoms with Gasteiger partial charge in [0.25, 0.3) is 5.91 Å². The van der Waals surface area contributed by atoms with Gasteiger partial charge >= 0.3 is 0 Å². The second-order valence-electron chi connectivity index (χ2n) is 6.57. The number of hydrogen-bond donors (Lipinski definition) is 0. The number of ether oxygens (including phenoxy) is 1. The zero-order chi connectivity index (χ0) is 17.2. The maximum atomic E-state index is 13.1. The number of hydrogen-bond acceptors (Lipinski definition) is 3. The van der Waals surface area contributed by atoms with E-state index in [4.69, 9.17) is 4.74 Å². The molecule has 0 fully saturated rings. The van der Waals surface area contributed by atoms with Crippen molar-refractivity contribution in [3.8, 4) is 5.75 Å². The molecule has 1 heterocycles. The lowest BCUT2D eigenvalue weighted by Gasteiger charge is -2.42. The summed E-state index contributed by atoms with van der Waals surface area (Å²) < 4.78 is 6.11. The Hall–Kier alpha value is -1.84. The summed E-state index contributed by atoms with van der Waals surface area (Å²) in [5, 5.41) is 0. The Kier molecular flexibility index (Phi) is 5.12. The van der Waals surface area contributed by atoms with Crippen LogP contribution < -0.4 is 9.64 Å². The van der Waals surface area contributed by atoms with Crippen molar-refractivity contribution in [3.63, 3.8) is 0 Å². The Labute approximate surface area is 138 Å². The van der Waals surface area contributed by atoms with Gasteiger partial charge in [0, 0.05) is 18.5 Å². The van der Waals surface area contributed by atoms with Crippen LogP contribution >= 0.6 is 0 Å². The van der Waals surface area contributed by atoms with Gasteiger partial charge in [-0.15, -0.1) is 0 Å². The van der Waals surface area contributed by atoms with Gasteiger partial charge in [0.2, 0.25) is 0 Å². The molecule has 0 N–H and O–H groups in total. The number of rotatable bonds is 6. The van der Waals surface area contributed by atoms with Crippen LogP contribution in [-0.2, 0) is 4.79 Å². The molecule has 1 amide bonds. The lowest BCUT2D eigenvalue weighted by atomic mass is 9.91. The van der Waals surface area contributed by atoms with Crippen molar-refractivity contribution < 1.29 is 14.3 Å². The molecule has 0 radical (unpaired) electrons. The standard InChI is InChI=1S/C19H27NO3/c1-6-16(21)14-9-10-17-15(11-14)20(12-13(4)5)18(22)19(7-2,8-3)23-17/h9-11,13H,6-8,12H2,1-5H3. The second kappa shape index (κ2) is 6.73. The van der Waals surface area contributed by atoms with Crippen molar-refractivity contribution in [1.82, 2.24) is 0 Å². The smallest absolute Gasteiger partial charge is 0.271 e. The van der Waals surface area contributed by atoms with Gasteiger partial charge in [-0.3, -0.25) is 9.59 Å². The quantitative estimate of drug-likeness (QED) is 0.738. The number of nitrogens with zero attached hydrogens (tertiary/aromatic N) is 1. The summed E-state index contributed by atoms with van der Waals surface area (Å²) in [6, 6.07) is 5.43. The van der Waals surface area contributed by atoms with Crippen molar-refractivity contribution in [1.29, 1.82) is 0 Å². The summed E-state index contributed by atoms with van der Waals surface area (Å²) in [5.41, 5.74) is 0.565. The summed E-state index contributed by atoms with van der Waals surface area (Å²) in [5.74, 6) is 1.11. The van der Waals surface area contributed by atoms with Crippen LogP contribution in [0.1, 0.15) is 64.2 Å². The Morgan fingerprint density at radius 1 is 1.22 bits per heavy atom. The third kappa shape index (κ3) is 3.12. The maximum absolute atomic E-state index is 13.1. The van der Waals surface area contributed by atoms with Crippen LogP contribution in [0, 0.1) is 5.92 Å². The second-order valence-corrected chi connectivity index (χ2v) is 6.57. The Morgan fingerprint density at radius 3 is 2.39 bits per heavy atom. The highest BCUT2D eigenvalue weighted by Crippen LogP contribution is 2.41. The first-order valence-corrected chi connectivity index (χ1v) is 8.56. The van der Waals surface area contributed by atoms with Crippen molar-refractivity contribution in [3.05, 3.63) is 23.8 Å². The number of carbonyl (C=O) groups is 2. The molecule has 0 atom stereocenters. The van der Waals surface area contributed by atoms with Gasteiger partial charge in [0.05, 0.1) is 5.69 Å². The molecule has 1 aromatic carbocycles. The largest absolute Gasteiger partial charge is 0.475 e. The summed E-state index contributed by atoms with van der Waals surface area (Å²) in [6.07, 6.45) is 1.71. The van der Waals surface area contributed by atoms with Crippen LogP contribution in [0.4, 0.5) is 5.69 Å². The molecule has 0 bridgehead atoms. The average Bonchev–Trinajstić information content (AvgIpc) is 2.56. The van der Waals surface area contributed by atoms with Crippen LogP contribution in [0.2, 0.25) is 0 Å². The molecule has 0 saturated carbocycles. The molecule has 4 nitrogen and oxygen atoms in total. The topological polar surface area (TPSA) is 46.6 Å². The molecule has 1 aliphatic heterocycles. The van der Waals surface area contributed by atoms with Gasteiger partial charge in [-0.1, -0.05) is 34.6 Å². The molecular weight excluding hydrogens is 290 g/mol. The predicted octanol–water partition coefficient (Wildman–Crippen LogP) is 4.22. The van der Waals surface area contributed by atoms with E-state index in [0.29, 0.717) is 43.0 Å². The Morgan fingerprint density at radius 2 is 1.87 bits per heavy atom. The lowest BCUT2D eigenvalue weighted by molar-refractivity contribution is -0.136. The van der Waals surface area contributed by atoms with Gasteiger partial charge in [-0.2, -0.15) is 0 Å². The minimum Gasteiger partial charge on any atom is -0.475 e. The van der Waals surface area contributed by atoms with Crippen LogP contribution in [0.25, 0.3) is 0 Å². The highest BCUT2D eigenvalue weighted by atomic mass is 16.5. The molecular formula is C19H27NO3. The number of ketones is 1. The minimum atomic E-state index is -0.793. The highest BCUT2D eigenvalue weighted by Gasteiger charge is 2.45. The highest BCUT2D eigenvalue weighted by molar-refractivity contribution is 6.05. The van der Waals surface area contributed by atoms with Gasteiger partial charge < -0.3 is 9.64 Å². The molecule has 1 aromatic rings. The molecule has 0 spiro atoms. The van der Waals surface area contributed by atoms with Crippen LogP contribution in [0.3, 0.4) is 0 Å². The molecule has 0 unspecified atom stereocenters. The molecule has 2 rings (SSSR count). The minimum absolute atomic E-state index is 0.00444. The average molecular weight is 317 g/mol. The molecule has 0 saturated heterocycles. The normalized spacial score (nSPS) is 16.3. The SMILES string of the molecule is CCC(=O)c1ccc2c(c1)N(CC(C)C)C(=O)C(CC)(CC)O2. The Bertz CT molecular complexity index is 603. The fourth-order valence-corrected chi connectivity index (χ4v) is 3.04. The fraction of sp³-hybridized carbons (Fsp3) is 0.579. The Balaban J connectivity index is 2.55. The number of benzene rings is 1. The van der Waals surface area contributed by atoms with Gasteiger partial charge in [0.15, 0.2) is 11.4 Å². The monoisotopic (exact) mass is 317 g/mol. The van der Waals surface area contributed by atoms with Gasteiger partial charge in [0.1, 0.15) is 5.75 Å². The van der Waals surface area contributed by atoms with Crippen molar-refractivity contribution in [2.45, 2.75) is 59.5 Å². The van der Waals surface area contributed by atoms with E-state index < -0.39 is 5.60 Å². The number of anilines is 1. The van der Waals surface area contributed by atoms with E-state index in [-0.39, 0.29) is 11.7 Å². The molecule has 23 heavy (non-hydrogen) atoms. The molecule has 4 heteroatoms. The number of fused-ring (bicyclic) bond motifs is 1. The lowest BCUT2D eigenvalue weighted by Crippen LogP contribution is -2.56.